The summed E-state index contributed by atoms with van der Waals surface area (Å²) in [5, 5.41) is 23.8. The van der Waals surface area contributed by atoms with E-state index in [2.05, 4.69) is 16.1 Å². The van der Waals surface area contributed by atoms with Gasteiger partial charge in [0, 0.05) is 20.0 Å². The number of nitrogens with two attached hydrogens (primary N) is 1. The predicted molar refractivity (Wildman–Crippen MR) is 88.3 cm³/mol. The first-order chi connectivity index (χ1) is 11.5. The van der Waals surface area contributed by atoms with Crippen LogP contribution in [0.15, 0.2) is 0 Å². The number of carboxylic acids is 1. The SMILES string of the molecule is CC(=O)C[C@@H](CNN(C)C(=O)[C@@H](N)C(C)O)NC(=O)N[C@@H](C)C(=O)O. The van der Waals surface area contributed by atoms with Crippen molar-refractivity contribution >= 4 is 23.7 Å². The zero-order valence-corrected chi connectivity index (χ0v) is 14.8. The molecule has 11 heteroatoms. The first kappa shape index (κ1) is 22.8. The average Bonchev–Trinajstić information content (AvgIpc) is 2.49. The molecular formula is C14H27N5O6. The summed E-state index contributed by atoms with van der Waals surface area (Å²) in [6.07, 6.45) is -1.06. The number of hydrogen-bond donors (Lipinski definition) is 6. The van der Waals surface area contributed by atoms with E-state index in [0.717, 1.165) is 5.01 Å². The second kappa shape index (κ2) is 10.6. The number of likely N-dealkylation sites (N-methyl/N-ethyl adjacent to an activating group) is 1. The van der Waals surface area contributed by atoms with Gasteiger partial charge in [-0.15, -0.1) is 0 Å². The third-order valence-corrected chi connectivity index (χ3v) is 3.30. The molecule has 0 aromatic carbocycles. The van der Waals surface area contributed by atoms with Crippen LogP contribution in [0.2, 0.25) is 0 Å². The molecule has 7 N–H and O–H groups in total. The van der Waals surface area contributed by atoms with Crippen molar-refractivity contribution in [1.82, 2.24) is 21.1 Å². The van der Waals surface area contributed by atoms with Crippen LogP contribution in [-0.4, -0.2) is 76.7 Å². The molecule has 3 amide bonds. The summed E-state index contributed by atoms with van der Waals surface area (Å²) in [5.74, 6) is -1.97. The Bertz CT molecular complexity index is 498. The highest BCUT2D eigenvalue weighted by atomic mass is 16.4. The van der Waals surface area contributed by atoms with Crippen LogP contribution in [0.1, 0.15) is 27.2 Å². The lowest BCUT2D eigenvalue weighted by Gasteiger charge is -2.26. The third-order valence-electron chi connectivity index (χ3n) is 3.30. The minimum Gasteiger partial charge on any atom is -0.480 e. The minimum atomic E-state index is -1.20. The smallest absolute Gasteiger partial charge is 0.325 e. The Hall–Kier alpha value is -2.24. The van der Waals surface area contributed by atoms with Crippen molar-refractivity contribution in [3.05, 3.63) is 0 Å². The van der Waals surface area contributed by atoms with Crippen LogP contribution in [0.5, 0.6) is 0 Å². The van der Waals surface area contributed by atoms with Crippen molar-refractivity contribution in [2.75, 3.05) is 13.6 Å². The molecule has 0 radical (unpaired) electrons. The van der Waals surface area contributed by atoms with Gasteiger partial charge < -0.3 is 26.6 Å². The third kappa shape index (κ3) is 8.98. The van der Waals surface area contributed by atoms with Crippen molar-refractivity contribution in [3.8, 4) is 0 Å². The summed E-state index contributed by atoms with van der Waals surface area (Å²) in [7, 11) is 1.39. The number of nitrogens with zero attached hydrogens (tertiary/aromatic N) is 1. The van der Waals surface area contributed by atoms with E-state index in [4.69, 9.17) is 10.8 Å². The second-order valence-corrected chi connectivity index (χ2v) is 5.81. The molecule has 0 saturated carbocycles. The van der Waals surface area contributed by atoms with Crippen molar-refractivity contribution < 1.29 is 29.4 Å². The van der Waals surface area contributed by atoms with Gasteiger partial charge in [0.15, 0.2) is 0 Å². The van der Waals surface area contributed by atoms with Gasteiger partial charge in [-0.3, -0.25) is 19.4 Å². The van der Waals surface area contributed by atoms with Gasteiger partial charge in [0.2, 0.25) is 0 Å². The lowest BCUT2D eigenvalue weighted by Crippen LogP contribution is -2.56. The number of hydrogen-bond acceptors (Lipinski definition) is 7. The normalized spacial score (nSPS) is 15.4. The Morgan fingerprint density at radius 1 is 1.16 bits per heavy atom. The van der Waals surface area contributed by atoms with Crippen LogP contribution in [0.25, 0.3) is 0 Å². The Balaban J connectivity index is 4.68. The van der Waals surface area contributed by atoms with E-state index in [1.54, 1.807) is 0 Å². The van der Waals surface area contributed by atoms with Crippen molar-refractivity contribution in [1.29, 1.82) is 0 Å². The van der Waals surface area contributed by atoms with Gasteiger partial charge in [-0.05, 0) is 20.8 Å². The van der Waals surface area contributed by atoms with Crippen LogP contribution in [0.3, 0.4) is 0 Å². The molecule has 25 heavy (non-hydrogen) atoms. The van der Waals surface area contributed by atoms with Gasteiger partial charge in [0.05, 0.1) is 12.1 Å². The Morgan fingerprint density at radius 2 is 1.72 bits per heavy atom. The van der Waals surface area contributed by atoms with E-state index >= 15 is 0 Å². The summed E-state index contributed by atoms with van der Waals surface area (Å²) in [4.78, 5) is 45.7. The summed E-state index contributed by atoms with van der Waals surface area (Å²) >= 11 is 0. The highest BCUT2D eigenvalue weighted by molar-refractivity contribution is 5.83. The summed E-state index contributed by atoms with van der Waals surface area (Å²) in [6.45, 7) is 4.03. The van der Waals surface area contributed by atoms with Crippen LogP contribution >= 0.6 is 0 Å². The molecule has 0 heterocycles. The monoisotopic (exact) mass is 361 g/mol. The number of ketones is 1. The fourth-order valence-electron chi connectivity index (χ4n) is 1.76. The van der Waals surface area contributed by atoms with E-state index in [-0.39, 0.29) is 18.7 Å². The Kier molecular flexibility index (Phi) is 9.64. The Morgan fingerprint density at radius 3 is 2.16 bits per heavy atom. The minimum absolute atomic E-state index is 0.0171. The topological polar surface area (TPSA) is 174 Å². The van der Waals surface area contributed by atoms with E-state index in [9.17, 15) is 24.3 Å². The molecular weight excluding hydrogens is 334 g/mol. The first-order valence-electron chi connectivity index (χ1n) is 7.69. The Labute approximate surface area is 145 Å². The molecule has 0 aromatic rings. The molecule has 0 fully saturated rings. The van der Waals surface area contributed by atoms with Gasteiger partial charge in [-0.1, -0.05) is 0 Å². The van der Waals surface area contributed by atoms with Gasteiger partial charge in [-0.2, -0.15) is 0 Å². The van der Waals surface area contributed by atoms with Gasteiger partial charge >= 0.3 is 12.0 Å². The number of carbonyl (C=O) groups excluding carboxylic acids is 3. The summed E-state index contributed by atoms with van der Waals surface area (Å²) in [6, 6.07) is -3.65. The molecule has 0 bridgehead atoms. The highest BCUT2D eigenvalue weighted by Gasteiger charge is 2.24. The maximum absolute atomic E-state index is 11.9. The van der Waals surface area contributed by atoms with Crippen LogP contribution in [0.4, 0.5) is 4.79 Å². The number of carboxylic acid groups (broad SMARTS) is 1. The van der Waals surface area contributed by atoms with Gasteiger partial charge in [-0.25, -0.2) is 10.2 Å². The lowest BCUT2D eigenvalue weighted by atomic mass is 10.1. The molecule has 0 spiro atoms. The van der Waals surface area contributed by atoms with Crippen molar-refractivity contribution in [2.45, 2.75) is 51.4 Å². The maximum atomic E-state index is 11.9. The predicted octanol–water partition coefficient (Wildman–Crippen LogP) is -2.22. The largest absolute Gasteiger partial charge is 0.480 e. The molecule has 0 aliphatic carbocycles. The van der Waals surface area contributed by atoms with E-state index < -0.39 is 42.1 Å². The number of urea groups is 1. The quantitative estimate of drug-likeness (QED) is 0.237. The van der Waals surface area contributed by atoms with Crippen molar-refractivity contribution in [3.63, 3.8) is 0 Å². The van der Waals surface area contributed by atoms with Crippen LogP contribution in [-0.2, 0) is 14.4 Å². The number of aliphatic carboxylic acids is 1. The number of aliphatic hydroxyl groups excluding tert-OH is 1. The number of amides is 3. The summed E-state index contributed by atoms with van der Waals surface area (Å²) < 4.78 is 0. The number of hydrazine groups is 1. The second-order valence-electron chi connectivity index (χ2n) is 5.81. The average molecular weight is 361 g/mol. The standard InChI is InChI=1S/C14H27N5O6/c1-7(20)5-10(18-14(25)17-8(2)13(23)24)6-16-19(4)12(22)11(15)9(3)21/h8-11,16,21H,5-6,15H2,1-4H3,(H,23,24)(H2,17,18,25)/t8-,9?,10-,11-/m0/s1. The number of nitrogens with one attached hydrogen (secondary N) is 3. The highest BCUT2D eigenvalue weighted by Crippen LogP contribution is 1.97. The molecule has 0 aliphatic rings. The van der Waals surface area contributed by atoms with E-state index in [0.29, 0.717) is 0 Å². The molecule has 11 nitrogen and oxygen atoms in total. The fraction of sp³-hybridized carbons (Fsp3) is 0.714. The summed E-state index contributed by atoms with van der Waals surface area (Å²) in [5.41, 5.74) is 8.23. The van der Waals surface area contributed by atoms with Crippen LogP contribution in [0, 0.1) is 0 Å². The number of aliphatic hydroxyl groups is 1. The number of carbonyl (C=O) groups is 4. The molecule has 144 valence electrons. The van der Waals surface area contributed by atoms with Gasteiger partial charge in [0.25, 0.3) is 5.91 Å². The fourth-order valence-corrected chi connectivity index (χ4v) is 1.76. The molecule has 0 aliphatic heterocycles. The number of rotatable bonds is 10. The number of Topliss-reactive ketones (excluding diaryl/α,β-unsaturated/α-hetero) is 1. The van der Waals surface area contributed by atoms with Crippen molar-refractivity contribution in [2.24, 2.45) is 5.73 Å². The van der Waals surface area contributed by atoms with Gasteiger partial charge in [0.1, 0.15) is 17.9 Å². The zero-order chi connectivity index (χ0) is 19.7. The van der Waals surface area contributed by atoms with E-state index in [1.165, 1.54) is 27.8 Å². The van der Waals surface area contributed by atoms with Crippen LogP contribution < -0.4 is 21.8 Å². The molecule has 1 unspecified atom stereocenters. The lowest BCUT2D eigenvalue weighted by molar-refractivity contribution is -0.139. The maximum Gasteiger partial charge on any atom is 0.325 e. The van der Waals surface area contributed by atoms with E-state index in [1.807, 2.05) is 0 Å². The molecule has 0 saturated heterocycles. The zero-order valence-electron chi connectivity index (χ0n) is 14.8. The first-order valence-corrected chi connectivity index (χ1v) is 7.69. The molecule has 0 rings (SSSR count). The molecule has 4 atom stereocenters. The molecule has 0 aromatic heterocycles.